The summed E-state index contributed by atoms with van der Waals surface area (Å²) in [5, 5.41) is 3.54. The third-order valence-electron chi connectivity index (χ3n) is 3.12. The third kappa shape index (κ3) is 2.51. The molecule has 82 valence electrons. The van der Waals surface area contributed by atoms with Gasteiger partial charge in [-0.25, -0.2) is 0 Å². The maximum Gasteiger partial charge on any atom is 0.0369 e. The summed E-state index contributed by atoms with van der Waals surface area (Å²) >= 11 is 0. The van der Waals surface area contributed by atoms with Crippen molar-refractivity contribution in [1.29, 1.82) is 0 Å². The second kappa shape index (κ2) is 4.67. The minimum atomic E-state index is 0.652. The van der Waals surface area contributed by atoms with Crippen LogP contribution in [0.1, 0.15) is 18.9 Å². The third-order valence-corrected chi connectivity index (χ3v) is 3.12. The summed E-state index contributed by atoms with van der Waals surface area (Å²) < 4.78 is 0. The fourth-order valence-corrected chi connectivity index (χ4v) is 2.16. The second-order valence-corrected chi connectivity index (χ2v) is 4.34. The first-order chi connectivity index (χ1) is 7.29. The normalized spacial score (nSPS) is 21.7. The molecule has 0 aromatic heterocycles. The van der Waals surface area contributed by atoms with Crippen molar-refractivity contribution in [1.82, 2.24) is 5.32 Å². The van der Waals surface area contributed by atoms with Crippen LogP contribution in [-0.4, -0.2) is 25.7 Å². The van der Waals surface area contributed by atoms with E-state index in [2.05, 4.69) is 48.3 Å². The Bertz CT molecular complexity index is 322. The van der Waals surface area contributed by atoms with Gasteiger partial charge >= 0.3 is 0 Å². The molecule has 0 amide bonds. The first-order valence-electron chi connectivity index (χ1n) is 5.84. The second-order valence-electron chi connectivity index (χ2n) is 4.34. The number of aryl methyl sites for hydroxylation is 1. The van der Waals surface area contributed by atoms with E-state index in [1.54, 1.807) is 0 Å². The predicted molar refractivity (Wildman–Crippen MR) is 65.5 cm³/mol. The van der Waals surface area contributed by atoms with Crippen molar-refractivity contribution in [2.24, 2.45) is 0 Å². The number of piperazine rings is 1. The lowest BCUT2D eigenvalue weighted by Crippen LogP contribution is -2.50. The topological polar surface area (TPSA) is 15.3 Å². The number of nitrogens with one attached hydrogen (secondary N) is 1. The van der Waals surface area contributed by atoms with Crippen molar-refractivity contribution in [3.8, 4) is 0 Å². The molecule has 2 nitrogen and oxygen atoms in total. The van der Waals surface area contributed by atoms with Crippen LogP contribution in [0, 0.1) is 6.92 Å². The molecule has 1 unspecified atom stereocenters. The summed E-state index contributed by atoms with van der Waals surface area (Å²) in [5.41, 5.74) is 2.72. The average molecular weight is 204 g/mol. The largest absolute Gasteiger partial charge is 0.369 e. The van der Waals surface area contributed by atoms with Crippen LogP contribution in [0.2, 0.25) is 0 Å². The molecule has 1 fully saturated rings. The van der Waals surface area contributed by atoms with Crippen LogP contribution in [0.5, 0.6) is 0 Å². The molecule has 1 atom stereocenters. The van der Waals surface area contributed by atoms with Gasteiger partial charge in [0.2, 0.25) is 0 Å². The molecule has 15 heavy (non-hydrogen) atoms. The van der Waals surface area contributed by atoms with Crippen LogP contribution in [0.4, 0.5) is 5.69 Å². The van der Waals surface area contributed by atoms with E-state index in [1.807, 2.05) is 0 Å². The van der Waals surface area contributed by atoms with Gasteiger partial charge in [0.05, 0.1) is 0 Å². The SMILES string of the molecule is CCC1CN(c2cccc(C)c2)CCN1. The minimum Gasteiger partial charge on any atom is -0.369 e. The van der Waals surface area contributed by atoms with Crippen molar-refractivity contribution in [2.75, 3.05) is 24.5 Å². The Morgan fingerprint density at radius 1 is 1.47 bits per heavy atom. The number of hydrogen-bond acceptors (Lipinski definition) is 2. The van der Waals surface area contributed by atoms with Crippen molar-refractivity contribution < 1.29 is 0 Å². The van der Waals surface area contributed by atoms with Gasteiger partial charge in [-0.3, -0.25) is 0 Å². The first-order valence-corrected chi connectivity index (χ1v) is 5.84. The van der Waals surface area contributed by atoms with Gasteiger partial charge < -0.3 is 10.2 Å². The summed E-state index contributed by atoms with van der Waals surface area (Å²) in [4.78, 5) is 2.48. The molecule has 2 heteroatoms. The Kier molecular flexibility index (Phi) is 3.27. The maximum absolute atomic E-state index is 3.54. The molecular weight excluding hydrogens is 184 g/mol. The smallest absolute Gasteiger partial charge is 0.0369 e. The Labute approximate surface area is 92.3 Å². The molecule has 1 N–H and O–H groups in total. The highest BCUT2D eigenvalue weighted by atomic mass is 15.2. The Morgan fingerprint density at radius 3 is 3.07 bits per heavy atom. The molecule has 2 rings (SSSR count). The van der Waals surface area contributed by atoms with Gasteiger partial charge in [0.1, 0.15) is 0 Å². The van der Waals surface area contributed by atoms with E-state index in [4.69, 9.17) is 0 Å². The van der Waals surface area contributed by atoms with Gasteiger partial charge in [-0.15, -0.1) is 0 Å². The van der Waals surface area contributed by atoms with Crippen LogP contribution >= 0.6 is 0 Å². The first kappa shape index (κ1) is 10.5. The van der Waals surface area contributed by atoms with E-state index in [1.165, 1.54) is 17.7 Å². The van der Waals surface area contributed by atoms with Crippen molar-refractivity contribution in [3.05, 3.63) is 29.8 Å². The fourth-order valence-electron chi connectivity index (χ4n) is 2.16. The highest BCUT2D eigenvalue weighted by Gasteiger charge is 2.17. The van der Waals surface area contributed by atoms with E-state index < -0.39 is 0 Å². The molecule has 1 aliphatic heterocycles. The summed E-state index contributed by atoms with van der Waals surface area (Å²) in [7, 11) is 0. The lowest BCUT2D eigenvalue weighted by Gasteiger charge is -2.35. The number of hydrogen-bond donors (Lipinski definition) is 1. The number of anilines is 1. The zero-order chi connectivity index (χ0) is 10.7. The van der Waals surface area contributed by atoms with Crippen molar-refractivity contribution in [2.45, 2.75) is 26.3 Å². The van der Waals surface area contributed by atoms with Gasteiger partial charge in [0.15, 0.2) is 0 Å². The van der Waals surface area contributed by atoms with Crippen LogP contribution in [0.3, 0.4) is 0 Å². The lowest BCUT2D eigenvalue weighted by atomic mass is 10.1. The quantitative estimate of drug-likeness (QED) is 0.794. The standard InChI is InChI=1S/C13H20N2/c1-3-12-10-15(8-7-14-12)13-6-4-5-11(2)9-13/h4-6,9,12,14H,3,7-8,10H2,1-2H3. The molecule has 1 aromatic rings. The van der Waals surface area contributed by atoms with Crippen LogP contribution < -0.4 is 10.2 Å². The Morgan fingerprint density at radius 2 is 2.33 bits per heavy atom. The van der Waals surface area contributed by atoms with Crippen molar-refractivity contribution in [3.63, 3.8) is 0 Å². The van der Waals surface area contributed by atoms with Crippen LogP contribution in [0.25, 0.3) is 0 Å². The number of nitrogens with zero attached hydrogens (tertiary/aromatic N) is 1. The van der Waals surface area contributed by atoms with Gasteiger partial charge in [0.25, 0.3) is 0 Å². The minimum absolute atomic E-state index is 0.652. The average Bonchev–Trinajstić information content (AvgIpc) is 2.29. The van der Waals surface area contributed by atoms with E-state index in [0.717, 1.165) is 19.6 Å². The summed E-state index contributed by atoms with van der Waals surface area (Å²) in [6, 6.07) is 9.44. The lowest BCUT2D eigenvalue weighted by molar-refractivity contribution is 0.447. The van der Waals surface area contributed by atoms with Gasteiger partial charge in [-0.1, -0.05) is 19.1 Å². The van der Waals surface area contributed by atoms with E-state index in [0.29, 0.717) is 6.04 Å². The molecule has 0 spiro atoms. The van der Waals surface area contributed by atoms with Gasteiger partial charge in [0, 0.05) is 31.4 Å². The number of benzene rings is 1. The maximum atomic E-state index is 3.54. The zero-order valence-electron chi connectivity index (χ0n) is 9.66. The highest BCUT2D eigenvalue weighted by Crippen LogP contribution is 2.17. The van der Waals surface area contributed by atoms with Crippen molar-refractivity contribution >= 4 is 5.69 Å². The molecule has 0 aliphatic carbocycles. The molecule has 0 saturated carbocycles. The summed E-state index contributed by atoms with van der Waals surface area (Å²) in [6.45, 7) is 7.77. The van der Waals surface area contributed by atoms with Gasteiger partial charge in [-0.05, 0) is 31.0 Å². The Balaban J connectivity index is 2.09. The zero-order valence-corrected chi connectivity index (χ0v) is 9.66. The number of rotatable bonds is 2. The summed E-state index contributed by atoms with van der Waals surface area (Å²) in [6.07, 6.45) is 1.21. The Hall–Kier alpha value is -1.02. The molecule has 1 saturated heterocycles. The van der Waals surface area contributed by atoms with Gasteiger partial charge in [-0.2, -0.15) is 0 Å². The van der Waals surface area contributed by atoms with E-state index in [-0.39, 0.29) is 0 Å². The van der Waals surface area contributed by atoms with Crippen LogP contribution in [-0.2, 0) is 0 Å². The monoisotopic (exact) mass is 204 g/mol. The highest BCUT2D eigenvalue weighted by molar-refractivity contribution is 5.49. The molecule has 0 radical (unpaired) electrons. The predicted octanol–water partition coefficient (Wildman–Crippen LogP) is 2.18. The van der Waals surface area contributed by atoms with E-state index in [9.17, 15) is 0 Å². The van der Waals surface area contributed by atoms with E-state index >= 15 is 0 Å². The fraction of sp³-hybridized carbons (Fsp3) is 0.538. The molecule has 1 aliphatic rings. The molecule has 1 heterocycles. The molecule has 0 bridgehead atoms. The van der Waals surface area contributed by atoms with Crippen LogP contribution in [0.15, 0.2) is 24.3 Å². The molecule has 1 aromatic carbocycles. The summed E-state index contributed by atoms with van der Waals surface area (Å²) in [5.74, 6) is 0. The molecular formula is C13H20N2.